The highest BCUT2D eigenvalue weighted by Gasteiger charge is 2.18. The Morgan fingerprint density at radius 3 is 0.867 bits per heavy atom. The molecule has 0 N–H and O–H groups in total. The lowest BCUT2D eigenvalue weighted by atomic mass is 10.2. The van der Waals surface area contributed by atoms with Gasteiger partial charge in [-0.25, -0.2) is 0 Å². The SMILES string of the molecule is COC(COC(COCc1ccccc1)COCc1ccccc1)COC(COCc1ccccc1)COCc1ccccc1. The lowest BCUT2D eigenvalue weighted by Crippen LogP contribution is -2.35. The van der Waals surface area contributed by atoms with Crippen molar-refractivity contribution in [1.29, 1.82) is 0 Å². The molecule has 4 rings (SSSR count). The average Bonchev–Trinajstić information content (AvgIpc) is 3.09. The van der Waals surface area contributed by atoms with Crippen LogP contribution in [-0.4, -0.2) is 65.1 Å². The molecule has 0 bridgehead atoms. The molecular formula is C38H46O7. The highest BCUT2D eigenvalue weighted by molar-refractivity contribution is 5.15. The van der Waals surface area contributed by atoms with Crippen LogP contribution in [0.15, 0.2) is 121 Å². The van der Waals surface area contributed by atoms with E-state index in [2.05, 4.69) is 0 Å². The molecule has 240 valence electrons. The number of ether oxygens (including phenoxy) is 7. The molecule has 7 nitrogen and oxygen atoms in total. The maximum absolute atomic E-state index is 6.26. The second kappa shape index (κ2) is 21.4. The smallest absolute Gasteiger partial charge is 0.104 e. The third-order valence-electron chi connectivity index (χ3n) is 7.03. The van der Waals surface area contributed by atoms with Crippen molar-refractivity contribution in [2.75, 3.05) is 46.8 Å². The van der Waals surface area contributed by atoms with Crippen LogP contribution in [0.5, 0.6) is 0 Å². The van der Waals surface area contributed by atoms with Gasteiger partial charge >= 0.3 is 0 Å². The van der Waals surface area contributed by atoms with E-state index >= 15 is 0 Å². The summed E-state index contributed by atoms with van der Waals surface area (Å²) < 4.78 is 42.3. The Bertz CT molecular complexity index is 1070. The van der Waals surface area contributed by atoms with Crippen molar-refractivity contribution >= 4 is 0 Å². The van der Waals surface area contributed by atoms with Crippen LogP contribution < -0.4 is 0 Å². The molecule has 45 heavy (non-hydrogen) atoms. The Morgan fingerprint density at radius 2 is 0.622 bits per heavy atom. The van der Waals surface area contributed by atoms with Gasteiger partial charge in [-0.3, -0.25) is 0 Å². The number of hydrogen-bond donors (Lipinski definition) is 0. The monoisotopic (exact) mass is 614 g/mol. The molecule has 4 aromatic carbocycles. The standard InChI is InChI=1S/C38H46O7/c1-39-36(30-44-37(26-40-22-32-14-6-2-7-15-32)27-41-23-33-16-8-3-9-17-33)31-45-38(28-42-24-34-18-10-4-11-19-34)29-43-25-35-20-12-5-13-21-35/h2-21,36-38H,22-31H2,1H3. The zero-order chi connectivity index (χ0) is 31.2. The van der Waals surface area contributed by atoms with Gasteiger partial charge < -0.3 is 33.2 Å². The summed E-state index contributed by atoms with van der Waals surface area (Å²) in [7, 11) is 1.66. The van der Waals surface area contributed by atoms with E-state index < -0.39 is 0 Å². The normalized spacial score (nSPS) is 11.6. The van der Waals surface area contributed by atoms with Crippen molar-refractivity contribution in [2.24, 2.45) is 0 Å². The summed E-state index contributed by atoms with van der Waals surface area (Å²) in [6, 6.07) is 40.4. The van der Waals surface area contributed by atoms with E-state index in [0.29, 0.717) is 66.1 Å². The Morgan fingerprint density at radius 1 is 0.356 bits per heavy atom. The highest BCUT2D eigenvalue weighted by atomic mass is 16.6. The van der Waals surface area contributed by atoms with E-state index in [1.807, 2.05) is 121 Å². The number of hydrogen-bond acceptors (Lipinski definition) is 7. The summed E-state index contributed by atoms with van der Waals surface area (Å²) in [5.41, 5.74) is 4.44. The molecule has 0 heterocycles. The summed E-state index contributed by atoms with van der Waals surface area (Å²) >= 11 is 0. The maximum atomic E-state index is 6.26. The van der Waals surface area contributed by atoms with Crippen LogP contribution >= 0.6 is 0 Å². The van der Waals surface area contributed by atoms with Crippen molar-refractivity contribution in [2.45, 2.75) is 44.7 Å². The van der Waals surface area contributed by atoms with Gasteiger partial charge in [0, 0.05) is 7.11 Å². The van der Waals surface area contributed by atoms with Crippen molar-refractivity contribution in [1.82, 2.24) is 0 Å². The first-order valence-corrected chi connectivity index (χ1v) is 15.5. The van der Waals surface area contributed by atoms with E-state index in [1.165, 1.54) is 0 Å². The fourth-order valence-corrected chi connectivity index (χ4v) is 4.49. The zero-order valence-electron chi connectivity index (χ0n) is 26.2. The molecular weight excluding hydrogens is 568 g/mol. The first-order chi connectivity index (χ1) is 22.3. The molecule has 4 aromatic rings. The van der Waals surface area contributed by atoms with Gasteiger partial charge in [0.25, 0.3) is 0 Å². The number of rotatable bonds is 23. The van der Waals surface area contributed by atoms with Crippen LogP contribution in [0.2, 0.25) is 0 Å². The molecule has 0 aliphatic rings. The average molecular weight is 615 g/mol. The quantitative estimate of drug-likeness (QED) is 0.0928. The number of benzene rings is 4. The molecule has 0 saturated carbocycles. The lowest BCUT2D eigenvalue weighted by molar-refractivity contribution is -0.125. The minimum Gasteiger partial charge on any atom is -0.377 e. The van der Waals surface area contributed by atoms with Gasteiger partial charge in [-0.05, 0) is 22.3 Å². The van der Waals surface area contributed by atoms with Crippen molar-refractivity contribution in [3.05, 3.63) is 144 Å². The summed E-state index contributed by atoms with van der Waals surface area (Å²) in [4.78, 5) is 0. The van der Waals surface area contributed by atoms with Crippen molar-refractivity contribution in [3.63, 3.8) is 0 Å². The maximum Gasteiger partial charge on any atom is 0.104 e. The Kier molecular flexibility index (Phi) is 16.4. The van der Waals surface area contributed by atoms with Gasteiger partial charge in [-0.2, -0.15) is 0 Å². The molecule has 0 fully saturated rings. The first-order valence-electron chi connectivity index (χ1n) is 15.5. The van der Waals surface area contributed by atoms with Crippen LogP contribution in [0.3, 0.4) is 0 Å². The van der Waals surface area contributed by atoms with Crippen molar-refractivity contribution in [3.8, 4) is 0 Å². The Balaban J connectivity index is 1.25. The van der Waals surface area contributed by atoms with Gasteiger partial charge in [0.1, 0.15) is 18.3 Å². The topological polar surface area (TPSA) is 64.6 Å². The molecule has 0 unspecified atom stereocenters. The molecule has 0 radical (unpaired) electrons. The largest absolute Gasteiger partial charge is 0.377 e. The fourth-order valence-electron chi connectivity index (χ4n) is 4.49. The third-order valence-corrected chi connectivity index (χ3v) is 7.03. The minimum atomic E-state index is -0.290. The molecule has 0 saturated heterocycles. The fraction of sp³-hybridized carbons (Fsp3) is 0.368. The van der Waals surface area contributed by atoms with Gasteiger partial charge in [-0.15, -0.1) is 0 Å². The Hall–Kier alpha value is -3.40. The zero-order valence-corrected chi connectivity index (χ0v) is 26.2. The van der Waals surface area contributed by atoms with E-state index in [9.17, 15) is 0 Å². The molecule has 0 spiro atoms. The van der Waals surface area contributed by atoms with Crippen LogP contribution in [0, 0.1) is 0 Å². The lowest BCUT2D eigenvalue weighted by Gasteiger charge is -2.24. The van der Waals surface area contributed by atoms with Crippen LogP contribution in [0.1, 0.15) is 22.3 Å². The molecule has 7 heteroatoms. The molecule has 0 aliphatic carbocycles. The second-order valence-electron chi connectivity index (χ2n) is 10.8. The summed E-state index contributed by atoms with van der Waals surface area (Å²) in [5.74, 6) is 0. The van der Waals surface area contributed by atoms with Gasteiger partial charge in [0.05, 0.1) is 66.1 Å². The minimum absolute atomic E-state index is 0.269. The predicted octanol–water partition coefficient (Wildman–Crippen LogP) is 6.64. The Labute approximate surface area is 268 Å². The van der Waals surface area contributed by atoms with Crippen LogP contribution in [0.25, 0.3) is 0 Å². The van der Waals surface area contributed by atoms with E-state index in [1.54, 1.807) is 7.11 Å². The molecule has 0 aliphatic heterocycles. The summed E-state index contributed by atoms with van der Waals surface area (Å²) in [5, 5.41) is 0. The highest BCUT2D eigenvalue weighted by Crippen LogP contribution is 2.09. The van der Waals surface area contributed by atoms with Gasteiger partial charge in [0.2, 0.25) is 0 Å². The third kappa shape index (κ3) is 14.5. The molecule has 0 amide bonds. The van der Waals surface area contributed by atoms with Gasteiger partial charge in [-0.1, -0.05) is 121 Å². The van der Waals surface area contributed by atoms with E-state index in [4.69, 9.17) is 33.2 Å². The second-order valence-corrected chi connectivity index (χ2v) is 10.8. The summed E-state index contributed by atoms with van der Waals surface area (Å²) in [6.45, 7) is 4.24. The molecule has 0 atom stereocenters. The van der Waals surface area contributed by atoms with E-state index in [0.717, 1.165) is 22.3 Å². The van der Waals surface area contributed by atoms with E-state index in [-0.39, 0.29) is 18.3 Å². The van der Waals surface area contributed by atoms with Crippen LogP contribution in [0.4, 0.5) is 0 Å². The number of methoxy groups -OCH3 is 1. The summed E-state index contributed by atoms with van der Waals surface area (Å²) in [6.07, 6.45) is -0.829. The first kappa shape index (κ1) is 34.5. The predicted molar refractivity (Wildman–Crippen MR) is 175 cm³/mol. The molecule has 0 aromatic heterocycles. The van der Waals surface area contributed by atoms with Crippen molar-refractivity contribution < 1.29 is 33.2 Å². The van der Waals surface area contributed by atoms with Crippen LogP contribution in [-0.2, 0) is 59.6 Å². The van der Waals surface area contributed by atoms with Gasteiger partial charge in [0.15, 0.2) is 0 Å².